The summed E-state index contributed by atoms with van der Waals surface area (Å²) in [6.07, 6.45) is 0.395. The van der Waals surface area contributed by atoms with Gasteiger partial charge in [-0.25, -0.2) is 12.8 Å². The van der Waals surface area contributed by atoms with Crippen molar-refractivity contribution in [2.75, 3.05) is 24.3 Å². The minimum atomic E-state index is -3.09. The van der Waals surface area contributed by atoms with E-state index < -0.39 is 21.6 Å². The van der Waals surface area contributed by atoms with Crippen LogP contribution in [0.4, 0.5) is 10.1 Å². The molecular weight excluding hydrogens is 545 g/mol. The topological polar surface area (TPSA) is 102 Å². The Morgan fingerprint density at radius 2 is 1.80 bits per heavy atom. The molecule has 0 spiro atoms. The van der Waals surface area contributed by atoms with Gasteiger partial charge in [0, 0.05) is 12.5 Å². The number of halogens is 1. The molecule has 9 heteroatoms. The van der Waals surface area contributed by atoms with E-state index in [0.717, 1.165) is 33.4 Å². The molecule has 220 valence electrons. The highest BCUT2D eigenvalue weighted by atomic mass is 32.2. The summed E-state index contributed by atoms with van der Waals surface area (Å²) >= 11 is 0. The van der Waals surface area contributed by atoms with Crippen LogP contribution in [0.5, 0.6) is 11.5 Å². The van der Waals surface area contributed by atoms with Crippen LogP contribution in [0.3, 0.4) is 0 Å². The summed E-state index contributed by atoms with van der Waals surface area (Å²) in [5.41, 5.74) is 7.18. The predicted octanol–water partition coefficient (Wildman–Crippen LogP) is 6.57. The van der Waals surface area contributed by atoms with E-state index in [9.17, 15) is 17.6 Å². The van der Waals surface area contributed by atoms with Gasteiger partial charge in [-0.05, 0) is 111 Å². The lowest BCUT2D eigenvalue weighted by molar-refractivity contribution is -0.136. The van der Waals surface area contributed by atoms with Crippen LogP contribution in [0.2, 0.25) is 0 Å². The SMILES string of the molecule is Cc1ccc(-c2c(C)cc(OCCCS(=O)(=O)C(C)C)cc2C)cc1C1COc2cc(CCC(=O)O)c(F)cc2N1. The Morgan fingerprint density at radius 1 is 1.10 bits per heavy atom. The fraction of sp³-hybridized carbons (Fsp3) is 0.406. The lowest BCUT2D eigenvalue weighted by Gasteiger charge is -2.30. The molecule has 0 aromatic heterocycles. The van der Waals surface area contributed by atoms with E-state index in [1.807, 2.05) is 32.9 Å². The molecule has 0 amide bonds. The highest BCUT2D eigenvalue weighted by molar-refractivity contribution is 7.91. The van der Waals surface area contributed by atoms with E-state index in [2.05, 4.69) is 23.5 Å². The van der Waals surface area contributed by atoms with Crippen LogP contribution < -0.4 is 14.8 Å². The van der Waals surface area contributed by atoms with Crippen molar-refractivity contribution < 1.29 is 32.2 Å². The van der Waals surface area contributed by atoms with Crippen LogP contribution in [0, 0.1) is 26.6 Å². The predicted molar refractivity (Wildman–Crippen MR) is 159 cm³/mol. The number of ether oxygens (including phenoxy) is 2. The summed E-state index contributed by atoms with van der Waals surface area (Å²) in [6, 6.07) is 13.0. The minimum Gasteiger partial charge on any atom is -0.494 e. The van der Waals surface area contributed by atoms with E-state index >= 15 is 0 Å². The molecule has 0 saturated heterocycles. The molecule has 0 fully saturated rings. The Bertz CT molecular complexity index is 1530. The first kappa shape index (κ1) is 30.4. The van der Waals surface area contributed by atoms with Crippen molar-refractivity contribution in [2.45, 2.75) is 65.2 Å². The Labute approximate surface area is 241 Å². The molecule has 0 saturated carbocycles. The van der Waals surface area contributed by atoms with Crippen molar-refractivity contribution in [1.82, 2.24) is 0 Å². The van der Waals surface area contributed by atoms with Gasteiger partial charge in [-0.2, -0.15) is 0 Å². The largest absolute Gasteiger partial charge is 0.494 e. The number of nitrogens with one attached hydrogen (secondary N) is 1. The van der Waals surface area contributed by atoms with E-state index in [1.165, 1.54) is 6.07 Å². The van der Waals surface area contributed by atoms with Crippen LogP contribution in [0.25, 0.3) is 11.1 Å². The van der Waals surface area contributed by atoms with Crippen molar-refractivity contribution in [1.29, 1.82) is 0 Å². The zero-order valence-corrected chi connectivity index (χ0v) is 25.0. The fourth-order valence-corrected chi connectivity index (χ4v) is 6.14. The number of carboxylic acid groups (broad SMARTS) is 1. The maximum absolute atomic E-state index is 14.7. The van der Waals surface area contributed by atoms with E-state index in [0.29, 0.717) is 42.4 Å². The van der Waals surface area contributed by atoms with Crippen LogP contribution >= 0.6 is 0 Å². The average molecular weight is 584 g/mol. The van der Waals surface area contributed by atoms with E-state index in [-0.39, 0.29) is 29.9 Å². The van der Waals surface area contributed by atoms with Gasteiger partial charge in [-0.1, -0.05) is 12.1 Å². The normalized spacial score (nSPS) is 14.8. The van der Waals surface area contributed by atoms with Gasteiger partial charge in [0.05, 0.1) is 29.3 Å². The quantitative estimate of drug-likeness (QED) is 0.246. The Balaban J connectivity index is 1.51. The highest BCUT2D eigenvalue weighted by Crippen LogP contribution is 2.39. The monoisotopic (exact) mass is 583 g/mol. The van der Waals surface area contributed by atoms with Crippen molar-refractivity contribution in [3.05, 3.63) is 76.1 Å². The van der Waals surface area contributed by atoms with Crippen LogP contribution in [-0.2, 0) is 21.1 Å². The molecule has 0 bridgehead atoms. The van der Waals surface area contributed by atoms with Crippen LogP contribution in [0.1, 0.15) is 60.5 Å². The average Bonchev–Trinajstić information content (AvgIpc) is 2.90. The Kier molecular flexibility index (Phi) is 9.27. The number of sulfone groups is 1. The third kappa shape index (κ3) is 7.19. The lowest BCUT2D eigenvalue weighted by Crippen LogP contribution is -2.25. The van der Waals surface area contributed by atoms with Crippen molar-refractivity contribution in [2.24, 2.45) is 0 Å². The molecule has 0 aliphatic carbocycles. The number of carbonyl (C=O) groups is 1. The highest BCUT2D eigenvalue weighted by Gasteiger charge is 2.24. The number of benzene rings is 3. The number of hydrogen-bond acceptors (Lipinski definition) is 6. The van der Waals surface area contributed by atoms with Gasteiger partial charge < -0.3 is 19.9 Å². The number of fused-ring (bicyclic) bond motifs is 1. The van der Waals surface area contributed by atoms with Crippen LogP contribution in [-0.4, -0.2) is 43.7 Å². The van der Waals surface area contributed by atoms with Gasteiger partial charge in [0.25, 0.3) is 0 Å². The number of hydrogen-bond donors (Lipinski definition) is 2. The molecule has 1 unspecified atom stereocenters. The summed E-state index contributed by atoms with van der Waals surface area (Å²) in [7, 11) is -3.09. The van der Waals surface area contributed by atoms with Gasteiger partial charge >= 0.3 is 5.97 Å². The van der Waals surface area contributed by atoms with Gasteiger partial charge in [0.2, 0.25) is 0 Å². The maximum Gasteiger partial charge on any atom is 0.303 e. The summed E-state index contributed by atoms with van der Waals surface area (Å²) in [6.45, 7) is 10.1. The van der Waals surface area contributed by atoms with E-state index in [1.54, 1.807) is 19.9 Å². The van der Waals surface area contributed by atoms with Crippen molar-refractivity contribution in [3.8, 4) is 22.6 Å². The second-order valence-electron chi connectivity index (χ2n) is 11.0. The number of rotatable bonds is 11. The Morgan fingerprint density at radius 3 is 2.46 bits per heavy atom. The standard InChI is InChI=1S/C32H38FNO6S/c1-19(2)41(37,38)12-6-11-39-25-13-21(4)32(22(5)14-25)24-8-7-20(3)26(15-24)29-18-40-30-16-23(9-10-31(35)36)27(33)17-28(30)34-29/h7-8,13-17,19,29,34H,6,9-12,18H2,1-5H3,(H,35,36). The fourth-order valence-electron chi connectivity index (χ4n) is 5.15. The minimum absolute atomic E-state index is 0.102. The third-order valence-corrected chi connectivity index (χ3v) is 9.80. The zero-order valence-electron chi connectivity index (χ0n) is 24.2. The molecule has 41 heavy (non-hydrogen) atoms. The molecule has 4 rings (SSSR count). The smallest absolute Gasteiger partial charge is 0.303 e. The second kappa shape index (κ2) is 12.5. The number of carboxylic acids is 1. The van der Waals surface area contributed by atoms with Crippen molar-refractivity contribution >= 4 is 21.5 Å². The second-order valence-corrected chi connectivity index (χ2v) is 13.6. The molecule has 2 N–H and O–H groups in total. The summed E-state index contributed by atoms with van der Waals surface area (Å²) < 4.78 is 50.7. The summed E-state index contributed by atoms with van der Waals surface area (Å²) in [5, 5.41) is 12.0. The molecule has 3 aromatic carbocycles. The first-order valence-electron chi connectivity index (χ1n) is 13.9. The molecule has 1 aliphatic heterocycles. The molecule has 3 aromatic rings. The van der Waals surface area contributed by atoms with Gasteiger partial charge in [0.15, 0.2) is 9.84 Å². The van der Waals surface area contributed by atoms with Gasteiger partial charge in [-0.3, -0.25) is 4.79 Å². The molecule has 1 aliphatic rings. The lowest BCUT2D eigenvalue weighted by atomic mass is 9.90. The van der Waals surface area contributed by atoms with Gasteiger partial charge in [0.1, 0.15) is 23.9 Å². The number of anilines is 1. The number of aryl methyl sites for hydroxylation is 4. The van der Waals surface area contributed by atoms with Crippen LogP contribution in [0.15, 0.2) is 42.5 Å². The zero-order chi connectivity index (χ0) is 29.9. The first-order valence-corrected chi connectivity index (χ1v) is 15.6. The molecule has 0 radical (unpaired) electrons. The summed E-state index contributed by atoms with van der Waals surface area (Å²) in [5.74, 6) is -0.0988. The summed E-state index contributed by atoms with van der Waals surface area (Å²) in [4.78, 5) is 10.9. The Hall–Kier alpha value is -3.59. The molecule has 7 nitrogen and oxygen atoms in total. The first-order chi connectivity index (χ1) is 19.4. The van der Waals surface area contributed by atoms with Crippen molar-refractivity contribution in [3.63, 3.8) is 0 Å². The number of aliphatic carboxylic acids is 1. The van der Waals surface area contributed by atoms with Gasteiger partial charge in [-0.15, -0.1) is 0 Å². The third-order valence-electron chi connectivity index (χ3n) is 7.50. The molecule has 1 heterocycles. The van der Waals surface area contributed by atoms with E-state index in [4.69, 9.17) is 14.6 Å². The molecule has 1 atom stereocenters. The maximum atomic E-state index is 14.7. The molecular formula is C32H38FNO6S.